The lowest BCUT2D eigenvalue weighted by Crippen LogP contribution is -2.21. The van der Waals surface area contributed by atoms with Crippen LogP contribution >= 0.6 is 0 Å². The van der Waals surface area contributed by atoms with E-state index in [4.69, 9.17) is 15.0 Å². The molecule has 0 amide bonds. The molecule has 0 fully saturated rings. The van der Waals surface area contributed by atoms with Gasteiger partial charge in [0, 0.05) is 33.6 Å². The summed E-state index contributed by atoms with van der Waals surface area (Å²) in [5, 5.41) is 0. The van der Waals surface area contributed by atoms with E-state index >= 15 is 0 Å². The van der Waals surface area contributed by atoms with Gasteiger partial charge < -0.3 is 0 Å². The summed E-state index contributed by atoms with van der Waals surface area (Å²) in [6.07, 6.45) is 0. The van der Waals surface area contributed by atoms with E-state index < -0.39 is 0 Å². The minimum absolute atomic E-state index is 0.0176. The van der Waals surface area contributed by atoms with Gasteiger partial charge in [0.25, 0.3) is 0 Å². The van der Waals surface area contributed by atoms with Crippen LogP contribution in [0, 0.1) is 0 Å². The van der Waals surface area contributed by atoms with Crippen molar-refractivity contribution in [3.8, 4) is 0 Å². The van der Waals surface area contributed by atoms with Gasteiger partial charge >= 0.3 is 0 Å². The smallest absolute Gasteiger partial charge is 0.141 e. The van der Waals surface area contributed by atoms with Gasteiger partial charge in [-0.05, 0) is 82.6 Å². The van der Waals surface area contributed by atoms with Crippen molar-refractivity contribution in [1.82, 2.24) is 15.0 Å². The molecule has 0 aliphatic rings. The van der Waals surface area contributed by atoms with Crippen molar-refractivity contribution in [2.24, 2.45) is 0 Å². The first-order valence-electron chi connectivity index (χ1n) is 17.1. The molecule has 0 radical (unpaired) electrons. The van der Waals surface area contributed by atoms with Crippen molar-refractivity contribution in [2.45, 2.75) is 105 Å². The van der Waals surface area contributed by atoms with E-state index in [-0.39, 0.29) is 21.7 Å². The molecule has 0 N–H and O–H groups in total. The summed E-state index contributed by atoms with van der Waals surface area (Å²) in [4.78, 5) is 20.2. The van der Waals surface area contributed by atoms with E-state index in [1.54, 1.807) is 0 Å². The maximum absolute atomic E-state index is 5.42. The van der Waals surface area contributed by atoms with Crippen LogP contribution in [0.5, 0.6) is 0 Å². The first kappa shape index (κ1) is 34.8. The summed E-state index contributed by atoms with van der Waals surface area (Å²) in [6, 6.07) is 36.3. The summed E-state index contributed by atoms with van der Waals surface area (Å²) in [5.41, 5.74) is 6.32. The number of anilines is 6. The first-order chi connectivity index (χ1) is 22.3. The molecule has 0 spiro atoms. The Hall–Kier alpha value is -4.51. The Morgan fingerprint density at radius 2 is 0.667 bits per heavy atom. The zero-order valence-corrected chi connectivity index (χ0v) is 31.1. The van der Waals surface area contributed by atoms with Crippen molar-refractivity contribution in [2.75, 3.05) is 9.80 Å². The summed E-state index contributed by atoms with van der Waals surface area (Å²) < 4.78 is 0. The van der Waals surface area contributed by atoms with E-state index in [0.29, 0.717) is 0 Å². The number of nitrogens with zero attached hydrogens (tertiary/aromatic N) is 5. The van der Waals surface area contributed by atoms with Crippen molar-refractivity contribution < 1.29 is 0 Å². The standard InChI is InChI=1S/C43H53N5/c1-40(2,3)30-18-13-20-32(28-30)47(36-24-15-22-34(44-36)42(7,8)9)38-26-17-27-39(46-38)48(33-21-14-19-31(29-33)41(4,5)6)37-25-16-23-35(45-37)43(10,11)12/h13-29H,1-12H3. The van der Waals surface area contributed by atoms with E-state index in [1.807, 2.05) is 0 Å². The lowest BCUT2D eigenvalue weighted by molar-refractivity contribution is 0.569. The Morgan fingerprint density at radius 1 is 0.354 bits per heavy atom. The fraction of sp³-hybridized carbons (Fsp3) is 0.372. The molecule has 0 unspecified atom stereocenters. The van der Waals surface area contributed by atoms with E-state index in [2.05, 4.69) is 196 Å². The van der Waals surface area contributed by atoms with E-state index in [1.165, 1.54) is 11.1 Å². The van der Waals surface area contributed by atoms with Crippen molar-refractivity contribution in [3.63, 3.8) is 0 Å². The molecule has 3 heterocycles. The molecule has 5 heteroatoms. The molecule has 2 aromatic carbocycles. The highest BCUT2D eigenvalue weighted by atomic mass is 15.3. The molecule has 0 bridgehead atoms. The van der Waals surface area contributed by atoms with Crippen LogP contribution in [-0.2, 0) is 21.7 Å². The predicted molar refractivity (Wildman–Crippen MR) is 204 cm³/mol. The van der Waals surface area contributed by atoms with Crippen LogP contribution in [0.25, 0.3) is 0 Å². The normalized spacial score (nSPS) is 12.6. The minimum atomic E-state index is -0.108. The summed E-state index contributed by atoms with van der Waals surface area (Å²) in [5.74, 6) is 3.21. The van der Waals surface area contributed by atoms with Gasteiger partial charge in [-0.25, -0.2) is 15.0 Å². The van der Waals surface area contributed by atoms with Gasteiger partial charge in [-0.2, -0.15) is 0 Å². The largest absolute Gasteiger partial charge is 0.279 e. The average molecular weight is 640 g/mol. The number of hydrogen-bond donors (Lipinski definition) is 0. The lowest BCUT2D eigenvalue weighted by Gasteiger charge is -2.30. The molecule has 0 aliphatic heterocycles. The Kier molecular flexibility index (Phi) is 9.31. The number of pyridine rings is 3. The third-order valence-corrected chi connectivity index (χ3v) is 8.58. The average Bonchev–Trinajstić information content (AvgIpc) is 3.01. The highest BCUT2D eigenvalue weighted by molar-refractivity contribution is 5.77. The minimum Gasteiger partial charge on any atom is -0.279 e. The van der Waals surface area contributed by atoms with Crippen molar-refractivity contribution >= 4 is 34.6 Å². The number of hydrogen-bond acceptors (Lipinski definition) is 5. The van der Waals surface area contributed by atoms with Gasteiger partial charge in [-0.1, -0.05) is 126 Å². The third kappa shape index (κ3) is 7.78. The molecule has 5 nitrogen and oxygen atoms in total. The molecule has 48 heavy (non-hydrogen) atoms. The number of aromatic nitrogens is 3. The molecule has 5 rings (SSSR count). The molecule has 0 aliphatic carbocycles. The zero-order valence-electron chi connectivity index (χ0n) is 31.1. The van der Waals surface area contributed by atoms with Gasteiger partial charge in [0.1, 0.15) is 23.3 Å². The SMILES string of the molecule is CC(C)(C)c1cccc(N(c2cccc(N(c3cccc(C(C)(C)C)c3)c3cccc(C(C)(C)C)n3)n2)c2cccc(C(C)(C)C)n2)c1. The zero-order chi connectivity index (χ0) is 35.1. The fourth-order valence-corrected chi connectivity index (χ4v) is 5.58. The molecule has 0 saturated carbocycles. The summed E-state index contributed by atoms with van der Waals surface area (Å²) in [7, 11) is 0. The van der Waals surface area contributed by atoms with Gasteiger partial charge in [0.15, 0.2) is 0 Å². The topological polar surface area (TPSA) is 45.2 Å². The van der Waals surface area contributed by atoms with Crippen LogP contribution in [-0.4, -0.2) is 15.0 Å². The van der Waals surface area contributed by atoms with Crippen LogP contribution in [0.15, 0.2) is 103 Å². The molecule has 5 aromatic rings. The first-order valence-corrected chi connectivity index (χ1v) is 17.1. The van der Waals surface area contributed by atoms with E-state index in [9.17, 15) is 0 Å². The van der Waals surface area contributed by atoms with Gasteiger partial charge in [-0.15, -0.1) is 0 Å². The maximum Gasteiger partial charge on any atom is 0.141 e. The second-order valence-electron chi connectivity index (χ2n) is 16.9. The monoisotopic (exact) mass is 639 g/mol. The molecular weight excluding hydrogens is 587 g/mol. The van der Waals surface area contributed by atoms with E-state index in [0.717, 1.165) is 46.0 Å². The van der Waals surface area contributed by atoms with Crippen LogP contribution < -0.4 is 9.80 Å². The summed E-state index contributed by atoms with van der Waals surface area (Å²) >= 11 is 0. The van der Waals surface area contributed by atoms with Gasteiger partial charge in [0.2, 0.25) is 0 Å². The molecular formula is C43H53N5. The Balaban J connectivity index is 1.75. The molecule has 250 valence electrons. The quantitative estimate of drug-likeness (QED) is 0.185. The fourth-order valence-electron chi connectivity index (χ4n) is 5.58. The van der Waals surface area contributed by atoms with Gasteiger partial charge in [-0.3, -0.25) is 9.80 Å². The number of benzene rings is 2. The van der Waals surface area contributed by atoms with Crippen molar-refractivity contribution in [3.05, 3.63) is 126 Å². The van der Waals surface area contributed by atoms with Crippen molar-refractivity contribution in [1.29, 1.82) is 0 Å². The maximum atomic E-state index is 5.42. The highest BCUT2D eigenvalue weighted by Gasteiger charge is 2.25. The highest BCUT2D eigenvalue weighted by Crippen LogP contribution is 2.40. The van der Waals surface area contributed by atoms with Crippen LogP contribution in [0.1, 0.15) is 106 Å². The second-order valence-corrected chi connectivity index (χ2v) is 16.9. The summed E-state index contributed by atoms with van der Waals surface area (Å²) in [6.45, 7) is 26.7. The number of rotatable bonds is 6. The van der Waals surface area contributed by atoms with Crippen LogP contribution in [0.2, 0.25) is 0 Å². The molecule has 3 aromatic heterocycles. The Morgan fingerprint density at radius 3 is 1.00 bits per heavy atom. The Labute approximate surface area is 289 Å². The van der Waals surface area contributed by atoms with Crippen LogP contribution in [0.3, 0.4) is 0 Å². The molecule has 0 atom stereocenters. The van der Waals surface area contributed by atoms with Crippen LogP contribution in [0.4, 0.5) is 34.6 Å². The third-order valence-electron chi connectivity index (χ3n) is 8.58. The lowest BCUT2D eigenvalue weighted by atomic mass is 9.87. The molecule has 0 saturated heterocycles. The predicted octanol–water partition coefficient (Wildman–Crippen LogP) is 12.0. The second kappa shape index (κ2) is 12.8. The van der Waals surface area contributed by atoms with Gasteiger partial charge in [0.05, 0.1) is 0 Å². The Bertz CT molecular complexity index is 1630.